The Hall–Kier alpha value is -2.40. The minimum atomic E-state index is 0.0876. The fraction of sp³-hybridized carbons (Fsp3) is 0.200. The number of rotatable bonds is 5. The van der Waals surface area contributed by atoms with Gasteiger partial charge in [0.25, 0.3) is 0 Å². The van der Waals surface area contributed by atoms with Gasteiger partial charge in [0, 0.05) is 25.5 Å². The Morgan fingerprint density at radius 1 is 1.10 bits per heavy atom. The van der Waals surface area contributed by atoms with Crippen molar-refractivity contribution in [2.75, 3.05) is 11.9 Å². The molecule has 0 aliphatic rings. The molecule has 0 fully saturated rings. The minimum Gasteiger partial charge on any atom is -0.395 e. The lowest BCUT2D eigenvalue weighted by Gasteiger charge is -2.09. The molecule has 3 aromatic rings. The molecule has 0 saturated heterocycles. The van der Waals surface area contributed by atoms with Crippen LogP contribution in [-0.4, -0.2) is 26.2 Å². The van der Waals surface area contributed by atoms with Crippen molar-refractivity contribution in [2.45, 2.75) is 13.1 Å². The highest BCUT2D eigenvalue weighted by Crippen LogP contribution is 2.19. The van der Waals surface area contributed by atoms with Gasteiger partial charge in [-0.25, -0.2) is 4.98 Å². The summed E-state index contributed by atoms with van der Waals surface area (Å²) in [7, 11) is 0. The number of nitrogens with zero attached hydrogens (tertiary/aromatic N) is 3. The standard InChI is InChI=1S/C15H16N4O/c20-10-9-19-14-4-2-1-3-13(14)18-15(19)17-11-12-5-7-16-8-6-12/h1-8,20H,9-11H2,(H,17,18). The van der Waals surface area contributed by atoms with E-state index in [0.717, 1.165) is 22.5 Å². The molecule has 0 radical (unpaired) electrons. The molecule has 20 heavy (non-hydrogen) atoms. The predicted octanol–water partition coefficient (Wildman–Crippen LogP) is 2.04. The molecule has 2 aromatic heterocycles. The van der Waals surface area contributed by atoms with Crippen molar-refractivity contribution < 1.29 is 5.11 Å². The van der Waals surface area contributed by atoms with Gasteiger partial charge in [-0.15, -0.1) is 0 Å². The van der Waals surface area contributed by atoms with Crippen molar-refractivity contribution in [1.82, 2.24) is 14.5 Å². The van der Waals surface area contributed by atoms with Crippen LogP contribution in [0.25, 0.3) is 11.0 Å². The minimum absolute atomic E-state index is 0.0876. The van der Waals surface area contributed by atoms with E-state index in [-0.39, 0.29) is 6.61 Å². The van der Waals surface area contributed by atoms with Gasteiger partial charge in [-0.2, -0.15) is 0 Å². The topological polar surface area (TPSA) is 63.0 Å². The zero-order valence-electron chi connectivity index (χ0n) is 11.0. The van der Waals surface area contributed by atoms with E-state index in [1.54, 1.807) is 12.4 Å². The van der Waals surface area contributed by atoms with Crippen LogP contribution in [0.3, 0.4) is 0 Å². The molecule has 3 rings (SSSR count). The molecule has 2 N–H and O–H groups in total. The third-order valence-corrected chi connectivity index (χ3v) is 3.18. The average molecular weight is 268 g/mol. The number of hydrogen-bond acceptors (Lipinski definition) is 4. The van der Waals surface area contributed by atoms with Crippen LogP contribution in [0.5, 0.6) is 0 Å². The van der Waals surface area contributed by atoms with Crippen LogP contribution >= 0.6 is 0 Å². The van der Waals surface area contributed by atoms with E-state index < -0.39 is 0 Å². The van der Waals surface area contributed by atoms with Gasteiger partial charge >= 0.3 is 0 Å². The van der Waals surface area contributed by atoms with Gasteiger partial charge in [0.15, 0.2) is 0 Å². The van der Waals surface area contributed by atoms with Crippen LogP contribution in [0.15, 0.2) is 48.8 Å². The second-order valence-corrected chi connectivity index (χ2v) is 4.51. The molecule has 1 aromatic carbocycles. The molecule has 0 spiro atoms. The number of anilines is 1. The molecule has 0 saturated carbocycles. The quantitative estimate of drug-likeness (QED) is 0.743. The second kappa shape index (κ2) is 5.71. The van der Waals surface area contributed by atoms with Gasteiger partial charge < -0.3 is 15.0 Å². The maximum atomic E-state index is 9.22. The normalized spacial score (nSPS) is 10.8. The van der Waals surface area contributed by atoms with Gasteiger partial charge in [-0.1, -0.05) is 12.1 Å². The first-order valence-electron chi connectivity index (χ1n) is 6.57. The van der Waals surface area contributed by atoms with E-state index in [1.807, 2.05) is 41.0 Å². The molecular formula is C15H16N4O. The molecule has 0 aliphatic heterocycles. The number of imidazole rings is 1. The highest BCUT2D eigenvalue weighted by molar-refractivity contribution is 5.78. The second-order valence-electron chi connectivity index (χ2n) is 4.51. The Bertz CT molecular complexity index is 693. The maximum absolute atomic E-state index is 9.22. The van der Waals surface area contributed by atoms with E-state index in [1.165, 1.54) is 0 Å². The summed E-state index contributed by atoms with van der Waals surface area (Å²) in [6.07, 6.45) is 3.54. The molecule has 5 heteroatoms. The Labute approximate surface area is 116 Å². The Morgan fingerprint density at radius 2 is 1.90 bits per heavy atom. The van der Waals surface area contributed by atoms with Crippen molar-refractivity contribution in [2.24, 2.45) is 0 Å². The Balaban J connectivity index is 1.88. The van der Waals surface area contributed by atoms with Crippen LogP contribution in [0, 0.1) is 0 Å². The lowest BCUT2D eigenvalue weighted by Crippen LogP contribution is -2.09. The largest absolute Gasteiger partial charge is 0.395 e. The summed E-state index contributed by atoms with van der Waals surface area (Å²) in [5, 5.41) is 12.5. The SMILES string of the molecule is OCCn1c(NCc2ccncc2)nc2ccccc21. The fourth-order valence-electron chi connectivity index (χ4n) is 2.22. The Morgan fingerprint density at radius 3 is 2.70 bits per heavy atom. The molecule has 0 atom stereocenters. The number of benzene rings is 1. The monoisotopic (exact) mass is 268 g/mol. The zero-order chi connectivity index (χ0) is 13.8. The molecule has 5 nitrogen and oxygen atoms in total. The number of aliphatic hydroxyl groups excluding tert-OH is 1. The highest BCUT2D eigenvalue weighted by atomic mass is 16.3. The van der Waals surface area contributed by atoms with Crippen LogP contribution in [0.4, 0.5) is 5.95 Å². The molecule has 0 amide bonds. The highest BCUT2D eigenvalue weighted by Gasteiger charge is 2.09. The number of fused-ring (bicyclic) bond motifs is 1. The number of aromatic nitrogens is 3. The number of aliphatic hydroxyl groups is 1. The summed E-state index contributed by atoms with van der Waals surface area (Å²) < 4.78 is 2.00. The molecular weight excluding hydrogens is 252 g/mol. The molecule has 0 aliphatic carbocycles. The molecule has 102 valence electrons. The molecule has 0 unspecified atom stereocenters. The summed E-state index contributed by atoms with van der Waals surface area (Å²) in [5.74, 6) is 0.775. The third-order valence-electron chi connectivity index (χ3n) is 3.18. The van der Waals surface area contributed by atoms with Crippen molar-refractivity contribution in [3.05, 3.63) is 54.4 Å². The number of para-hydroxylation sites is 2. The average Bonchev–Trinajstić information content (AvgIpc) is 2.85. The van der Waals surface area contributed by atoms with Gasteiger partial charge in [-0.3, -0.25) is 4.98 Å². The Kier molecular flexibility index (Phi) is 3.60. The zero-order valence-corrected chi connectivity index (χ0v) is 11.0. The van der Waals surface area contributed by atoms with Crippen LogP contribution in [0.2, 0.25) is 0 Å². The first-order chi connectivity index (χ1) is 9.88. The molecule has 2 heterocycles. The van der Waals surface area contributed by atoms with Crippen molar-refractivity contribution in [1.29, 1.82) is 0 Å². The summed E-state index contributed by atoms with van der Waals surface area (Å²) in [6.45, 7) is 1.29. The summed E-state index contributed by atoms with van der Waals surface area (Å²) in [4.78, 5) is 8.57. The first kappa shape index (κ1) is 12.6. The van der Waals surface area contributed by atoms with E-state index in [2.05, 4.69) is 15.3 Å². The first-order valence-corrected chi connectivity index (χ1v) is 6.57. The maximum Gasteiger partial charge on any atom is 0.204 e. The van der Waals surface area contributed by atoms with Crippen LogP contribution < -0.4 is 5.32 Å². The van der Waals surface area contributed by atoms with Crippen LogP contribution in [-0.2, 0) is 13.1 Å². The van der Waals surface area contributed by atoms with Gasteiger partial charge in [-0.05, 0) is 29.8 Å². The number of pyridine rings is 1. The smallest absolute Gasteiger partial charge is 0.204 e. The number of nitrogens with one attached hydrogen (secondary N) is 1. The van der Waals surface area contributed by atoms with E-state index in [0.29, 0.717) is 13.1 Å². The number of hydrogen-bond donors (Lipinski definition) is 2. The summed E-state index contributed by atoms with van der Waals surface area (Å²) in [5.41, 5.74) is 3.10. The lowest BCUT2D eigenvalue weighted by atomic mass is 10.3. The van der Waals surface area contributed by atoms with Gasteiger partial charge in [0.2, 0.25) is 5.95 Å². The van der Waals surface area contributed by atoms with Crippen molar-refractivity contribution >= 4 is 17.0 Å². The van der Waals surface area contributed by atoms with Crippen molar-refractivity contribution in [3.8, 4) is 0 Å². The van der Waals surface area contributed by atoms with Crippen molar-refractivity contribution in [3.63, 3.8) is 0 Å². The summed E-state index contributed by atoms with van der Waals surface area (Å²) >= 11 is 0. The predicted molar refractivity (Wildman–Crippen MR) is 78.4 cm³/mol. The molecule has 0 bridgehead atoms. The van der Waals surface area contributed by atoms with E-state index >= 15 is 0 Å². The van der Waals surface area contributed by atoms with E-state index in [4.69, 9.17) is 0 Å². The lowest BCUT2D eigenvalue weighted by molar-refractivity contribution is 0.278. The van der Waals surface area contributed by atoms with Gasteiger partial charge in [0.1, 0.15) is 0 Å². The van der Waals surface area contributed by atoms with Gasteiger partial charge in [0.05, 0.1) is 17.6 Å². The van der Waals surface area contributed by atoms with Crippen LogP contribution in [0.1, 0.15) is 5.56 Å². The third kappa shape index (κ3) is 2.48. The summed E-state index contributed by atoms with van der Waals surface area (Å²) in [6, 6.07) is 11.9. The fourth-order valence-corrected chi connectivity index (χ4v) is 2.22. The van der Waals surface area contributed by atoms with E-state index in [9.17, 15) is 5.11 Å².